The van der Waals surface area contributed by atoms with E-state index in [2.05, 4.69) is 5.32 Å². The number of carbonyl (C=O) groups excluding carboxylic acids is 1. The van der Waals surface area contributed by atoms with E-state index in [1.807, 2.05) is 0 Å². The summed E-state index contributed by atoms with van der Waals surface area (Å²) in [6, 6.07) is 1.72. The highest BCUT2D eigenvalue weighted by molar-refractivity contribution is 5.98. The molecule has 1 heterocycles. The summed E-state index contributed by atoms with van der Waals surface area (Å²) >= 11 is 0. The van der Waals surface area contributed by atoms with E-state index in [1.165, 1.54) is 0 Å². The summed E-state index contributed by atoms with van der Waals surface area (Å²) in [5.74, 6) is -1.95. The molecule has 1 N–H and O–H groups in total. The van der Waals surface area contributed by atoms with Gasteiger partial charge in [0.1, 0.15) is 5.82 Å². The van der Waals surface area contributed by atoms with Crippen LogP contribution in [0.5, 0.6) is 0 Å². The van der Waals surface area contributed by atoms with Gasteiger partial charge in [-0.3, -0.25) is 4.79 Å². The Balaban J connectivity index is 2.70. The highest BCUT2D eigenvalue weighted by Crippen LogP contribution is 2.36. The molecule has 1 aliphatic rings. The lowest BCUT2D eigenvalue weighted by Gasteiger charge is -2.11. The molecule has 80 valence electrons. The first-order chi connectivity index (χ1) is 6.91. The zero-order valence-corrected chi connectivity index (χ0v) is 7.28. The maximum atomic E-state index is 13.0. The molecule has 0 saturated heterocycles. The number of alkyl halides is 3. The third kappa shape index (κ3) is 1.45. The second kappa shape index (κ2) is 2.95. The predicted octanol–water partition coefficient (Wildman–Crippen LogP) is 2.09. The van der Waals surface area contributed by atoms with Gasteiger partial charge >= 0.3 is 6.18 Å². The summed E-state index contributed by atoms with van der Waals surface area (Å²) in [5.41, 5.74) is -1.77. The van der Waals surface area contributed by atoms with E-state index in [9.17, 15) is 22.4 Å². The second-order valence-electron chi connectivity index (χ2n) is 3.13. The molecule has 0 aliphatic carbocycles. The molecule has 0 saturated carbocycles. The Labute approximate surface area is 81.9 Å². The van der Waals surface area contributed by atoms with Crippen LogP contribution in [0.4, 0.5) is 17.6 Å². The molecule has 15 heavy (non-hydrogen) atoms. The van der Waals surface area contributed by atoms with E-state index in [4.69, 9.17) is 0 Å². The maximum absolute atomic E-state index is 13.0. The largest absolute Gasteiger partial charge is 0.419 e. The maximum Gasteiger partial charge on any atom is 0.419 e. The molecule has 0 unspecified atom stereocenters. The van der Waals surface area contributed by atoms with Crippen molar-refractivity contribution in [2.45, 2.75) is 12.7 Å². The van der Waals surface area contributed by atoms with E-state index < -0.39 is 23.5 Å². The molecular weight excluding hydrogens is 214 g/mol. The Morgan fingerprint density at radius 3 is 2.53 bits per heavy atom. The number of carbonyl (C=O) groups is 1. The highest BCUT2D eigenvalue weighted by Gasteiger charge is 2.40. The van der Waals surface area contributed by atoms with Crippen LogP contribution in [0, 0.1) is 5.82 Å². The third-order valence-electron chi connectivity index (χ3n) is 2.22. The van der Waals surface area contributed by atoms with Crippen molar-refractivity contribution in [3.8, 4) is 0 Å². The minimum Gasteiger partial charge on any atom is -0.348 e. The number of benzene rings is 1. The Morgan fingerprint density at radius 1 is 1.27 bits per heavy atom. The van der Waals surface area contributed by atoms with Crippen LogP contribution in [0.2, 0.25) is 0 Å². The molecule has 2 rings (SSSR count). The molecule has 1 amide bonds. The van der Waals surface area contributed by atoms with Crippen LogP contribution in [-0.4, -0.2) is 5.91 Å². The molecule has 0 spiro atoms. The van der Waals surface area contributed by atoms with Crippen LogP contribution in [-0.2, 0) is 12.7 Å². The zero-order chi connectivity index (χ0) is 11.2. The second-order valence-corrected chi connectivity index (χ2v) is 3.13. The van der Waals surface area contributed by atoms with Crippen molar-refractivity contribution in [1.82, 2.24) is 5.32 Å². The molecule has 1 aromatic rings. The summed E-state index contributed by atoms with van der Waals surface area (Å²) in [5, 5.41) is 2.22. The topological polar surface area (TPSA) is 29.1 Å². The van der Waals surface area contributed by atoms with Crippen LogP contribution in [0.1, 0.15) is 21.5 Å². The quantitative estimate of drug-likeness (QED) is 0.665. The van der Waals surface area contributed by atoms with Crippen molar-refractivity contribution < 1.29 is 22.4 Å². The van der Waals surface area contributed by atoms with Crippen molar-refractivity contribution in [1.29, 1.82) is 0 Å². The number of rotatable bonds is 0. The Bertz CT molecular complexity index is 438. The predicted molar refractivity (Wildman–Crippen MR) is 42.6 cm³/mol. The molecule has 6 heteroatoms. The molecule has 0 fully saturated rings. The highest BCUT2D eigenvalue weighted by atomic mass is 19.4. The van der Waals surface area contributed by atoms with Gasteiger partial charge in [-0.1, -0.05) is 0 Å². The first-order valence-corrected chi connectivity index (χ1v) is 4.08. The standard InChI is InChI=1S/C9H5F4NO/c10-6-2-1-4-5(3-14-8(4)15)7(6)9(11,12)13/h1-2H,3H2,(H,14,15). The Kier molecular flexibility index (Phi) is 1.95. The third-order valence-corrected chi connectivity index (χ3v) is 2.22. The SMILES string of the molecule is O=C1NCc2c1ccc(F)c2C(F)(F)F. The fourth-order valence-electron chi connectivity index (χ4n) is 1.59. The molecule has 0 radical (unpaired) electrons. The van der Waals surface area contributed by atoms with E-state index in [0.29, 0.717) is 6.07 Å². The number of hydrogen-bond acceptors (Lipinski definition) is 1. The van der Waals surface area contributed by atoms with Gasteiger partial charge < -0.3 is 5.32 Å². The van der Waals surface area contributed by atoms with Gasteiger partial charge in [0.15, 0.2) is 0 Å². The average molecular weight is 219 g/mol. The molecular formula is C9H5F4NO. The van der Waals surface area contributed by atoms with Crippen molar-refractivity contribution in [2.75, 3.05) is 0 Å². The first kappa shape index (κ1) is 9.95. The van der Waals surface area contributed by atoms with Gasteiger partial charge in [-0.2, -0.15) is 13.2 Å². The molecule has 1 aromatic carbocycles. The van der Waals surface area contributed by atoms with Gasteiger partial charge in [-0.05, 0) is 17.7 Å². The monoisotopic (exact) mass is 219 g/mol. The zero-order valence-electron chi connectivity index (χ0n) is 7.28. The van der Waals surface area contributed by atoms with Crippen LogP contribution in [0.15, 0.2) is 12.1 Å². The normalized spacial score (nSPS) is 15.1. The minimum atomic E-state index is -4.78. The molecule has 1 aliphatic heterocycles. The minimum absolute atomic E-state index is 0.108. The lowest BCUT2D eigenvalue weighted by atomic mass is 10.0. The number of hydrogen-bond donors (Lipinski definition) is 1. The van der Waals surface area contributed by atoms with Gasteiger partial charge in [-0.15, -0.1) is 0 Å². The van der Waals surface area contributed by atoms with E-state index in [-0.39, 0.29) is 17.7 Å². The van der Waals surface area contributed by atoms with Crippen molar-refractivity contribution in [3.63, 3.8) is 0 Å². The van der Waals surface area contributed by atoms with E-state index in [0.717, 1.165) is 6.07 Å². The molecule has 0 bridgehead atoms. The van der Waals surface area contributed by atoms with Crippen LogP contribution < -0.4 is 5.32 Å². The lowest BCUT2D eigenvalue weighted by molar-refractivity contribution is -0.140. The van der Waals surface area contributed by atoms with E-state index in [1.54, 1.807) is 0 Å². The Hall–Kier alpha value is -1.59. The molecule has 0 atom stereocenters. The van der Waals surface area contributed by atoms with Crippen molar-refractivity contribution in [2.24, 2.45) is 0 Å². The lowest BCUT2D eigenvalue weighted by Crippen LogP contribution is -2.13. The fourth-order valence-corrected chi connectivity index (χ4v) is 1.59. The molecule has 2 nitrogen and oxygen atoms in total. The van der Waals surface area contributed by atoms with Crippen LogP contribution >= 0.6 is 0 Å². The smallest absolute Gasteiger partial charge is 0.348 e. The van der Waals surface area contributed by atoms with Crippen molar-refractivity contribution in [3.05, 3.63) is 34.6 Å². The van der Waals surface area contributed by atoms with Gasteiger partial charge in [0.05, 0.1) is 5.56 Å². The number of amides is 1. The summed E-state index contributed by atoms with van der Waals surface area (Å²) < 4.78 is 50.4. The summed E-state index contributed by atoms with van der Waals surface area (Å²) in [6.45, 7) is -0.277. The summed E-state index contributed by atoms with van der Waals surface area (Å²) in [6.07, 6.45) is -4.78. The summed E-state index contributed by atoms with van der Waals surface area (Å²) in [7, 11) is 0. The van der Waals surface area contributed by atoms with Crippen LogP contribution in [0.3, 0.4) is 0 Å². The number of fused-ring (bicyclic) bond motifs is 1. The van der Waals surface area contributed by atoms with Crippen molar-refractivity contribution >= 4 is 5.91 Å². The average Bonchev–Trinajstić information content (AvgIpc) is 2.45. The van der Waals surface area contributed by atoms with Crippen LogP contribution in [0.25, 0.3) is 0 Å². The Morgan fingerprint density at radius 2 is 1.93 bits per heavy atom. The number of nitrogens with one attached hydrogen (secondary N) is 1. The fraction of sp³-hybridized carbons (Fsp3) is 0.222. The van der Waals surface area contributed by atoms with Gasteiger partial charge in [0.25, 0.3) is 5.91 Å². The van der Waals surface area contributed by atoms with E-state index >= 15 is 0 Å². The molecule has 0 aromatic heterocycles. The van der Waals surface area contributed by atoms with Gasteiger partial charge in [0, 0.05) is 12.1 Å². The first-order valence-electron chi connectivity index (χ1n) is 4.08. The summed E-state index contributed by atoms with van der Waals surface area (Å²) in [4.78, 5) is 11.1. The number of halogens is 4. The van der Waals surface area contributed by atoms with Gasteiger partial charge in [-0.25, -0.2) is 4.39 Å². The van der Waals surface area contributed by atoms with Gasteiger partial charge in [0.2, 0.25) is 0 Å².